The molecule has 0 aromatic heterocycles. The van der Waals surface area contributed by atoms with Crippen LogP contribution in [0.1, 0.15) is 19.4 Å². The van der Waals surface area contributed by atoms with Crippen molar-refractivity contribution >= 4 is 22.8 Å². The summed E-state index contributed by atoms with van der Waals surface area (Å²) in [6, 6.07) is 20.3. The summed E-state index contributed by atoms with van der Waals surface area (Å²) in [6.07, 6.45) is 0. The summed E-state index contributed by atoms with van der Waals surface area (Å²) in [6.45, 7) is 8.72. The van der Waals surface area contributed by atoms with Crippen molar-refractivity contribution in [3.05, 3.63) is 76.7 Å². The molecule has 0 aliphatic carbocycles. The molecule has 6 heteroatoms. The quantitative estimate of drug-likeness (QED) is 0.514. The Labute approximate surface area is 181 Å². The fraction of sp³-hybridized carbons (Fsp3) is 0.200. The molecule has 2 aromatic carbocycles. The van der Waals surface area contributed by atoms with Crippen LogP contribution in [-0.2, 0) is 9.53 Å². The molecule has 31 heavy (non-hydrogen) atoms. The highest BCUT2D eigenvalue weighted by Gasteiger charge is 2.09. The van der Waals surface area contributed by atoms with Crippen LogP contribution in [0.25, 0.3) is 11.1 Å². The third-order valence-corrected chi connectivity index (χ3v) is 4.64. The van der Waals surface area contributed by atoms with Gasteiger partial charge in [0.2, 0.25) is 0 Å². The number of nitriles is 3. The van der Waals surface area contributed by atoms with Crippen LogP contribution in [0.4, 0.5) is 5.69 Å². The first-order valence-electron chi connectivity index (χ1n) is 9.68. The van der Waals surface area contributed by atoms with Crippen LogP contribution in [0.3, 0.4) is 0 Å². The maximum absolute atomic E-state index is 11.5. The van der Waals surface area contributed by atoms with Crippen molar-refractivity contribution in [1.29, 1.82) is 15.8 Å². The van der Waals surface area contributed by atoms with Gasteiger partial charge in [0.05, 0.1) is 12.1 Å². The van der Waals surface area contributed by atoms with E-state index in [0.717, 1.165) is 17.8 Å². The summed E-state index contributed by atoms with van der Waals surface area (Å²) in [4.78, 5) is 13.6. The number of benzene rings is 2. The molecule has 0 unspecified atom stereocenters. The SMILES string of the molecule is C=C(C)C(=O)OCCN(CC)c1ccc(C(C#N)=c2ccc(=C(C#N)C#N)cc2)cc1. The van der Waals surface area contributed by atoms with Gasteiger partial charge in [-0.3, -0.25) is 0 Å². The molecule has 0 saturated carbocycles. The Hall–Kier alpha value is -4.34. The molecular weight excluding hydrogens is 388 g/mol. The molecule has 0 heterocycles. The number of hydrogen-bond donors (Lipinski definition) is 0. The Bertz CT molecular complexity index is 1180. The largest absolute Gasteiger partial charge is 0.460 e. The van der Waals surface area contributed by atoms with E-state index >= 15 is 0 Å². The molecule has 0 spiro atoms. The van der Waals surface area contributed by atoms with Gasteiger partial charge in [-0.25, -0.2) is 4.79 Å². The van der Waals surface area contributed by atoms with Crippen LogP contribution in [-0.4, -0.2) is 25.7 Å². The van der Waals surface area contributed by atoms with Crippen molar-refractivity contribution in [3.63, 3.8) is 0 Å². The molecule has 0 atom stereocenters. The lowest BCUT2D eigenvalue weighted by Gasteiger charge is -2.23. The van der Waals surface area contributed by atoms with Crippen molar-refractivity contribution in [1.82, 2.24) is 0 Å². The van der Waals surface area contributed by atoms with Crippen molar-refractivity contribution in [2.45, 2.75) is 13.8 Å². The van der Waals surface area contributed by atoms with Crippen LogP contribution in [0.15, 0.2) is 60.7 Å². The monoisotopic (exact) mass is 410 g/mol. The van der Waals surface area contributed by atoms with Gasteiger partial charge in [0.15, 0.2) is 0 Å². The Kier molecular flexibility index (Phi) is 8.14. The number of ether oxygens (including phenoxy) is 1. The Morgan fingerprint density at radius 2 is 1.55 bits per heavy atom. The lowest BCUT2D eigenvalue weighted by molar-refractivity contribution is -0.138. The highest BCUT2D eigenvalue weighted by molar-refractivity contribution is 5.86. The van der Waals surface area contributed by atoms with E-state index in [9.17, 15) is 10.1 Å². The molecule has 0 saturated heterocycles. The van der Waals surface area contributed by atoms with E-state index in [1.807, 2.05) is 43.3 Å². The number of carbonyl (C=O) groups is 1. The maximum Gasteiger partial charge on any atom is 0.333 e. The zero-order valence-corrected chi connectivity index (χ0v) is 17.6. The molecule has 0 aliphatic rings. The number of esters is 1. The van der Waals surface area contributed by atoms with Crippen molar-refractivity contribution in [2.24, 2.45) is 0 Å². The van der Waals surface area contributed by atoms with E-state index in [4.69, 9.17) is 15.3 Å². The van der Waals surface area contributed by atoms with Gasteiger partial charge in [0.25, 0.3) is 0 Å². The minimum absolute atomic E-state index is 0.0306. The number of anilines is 1. The average Bonchev–Trinajstić information content (AvgIpc) is 2.79. The van der Waals surface area contributed by atoms with E-state index in [1.165, 1.54) is 0 Å². The molecule has 0 bridgehead atoms. The van der Waals surface area contributed by atoms with Crippen molar-refractivity contribution in [3.8, 4) is 18.2 Å². The van der Waals surface area contributed by atoms with Gasteiger partial charge in [-0.05, 0) is 36.8 Å². The lowest BCUT2D eigenvalue weighted by Crippen LogP contribution is -2.28. The van der Waals surface area contributed by atoms with Gasteiger partial charge in [-0.2, -0.15) is 15.8 Å². The number of carbonyl (C=O) groups excluding carboxylic acids is 1. The van der Waals surface area contributed by atoms with E-state index in [1.54, 1.807) is 31.2 Å². The number of rotatable bonds is 7. The van der Waals surface area contributed by atoms with Crippen LogP contribution in [0, 0.1) is 34.0 Å². The van der Waals surface area contributed by atoms with Crippen LogP contribution < -0.4 is 15.3 Å². The lowest BCUT2D eigenvalue weighted by atomic mass is 10.0. The Balaban J connectivity index is 2.27. The zero-order valence-electron chi connectivity index (χ0n) is 17.6. The van der Waals surface area contributed by atoms with Crippen molar-refractivity contribution < 1.29 is 9.53 Å². The number of likely N-dealkylation sites (N-methyl/N-ethyl adjacent to an activating group) is 1. The fourth-order valence-corrected chi connectivity index (χ4v) is 2.93. The maximum atomic E-state index is 11.5. The molecule has 0 N–H and O–H groups in total. The van der Waals surface area contributed by atoms with Crippen molar-refractivity contribution in [2.75, 3.05) is 24.6 Å². The Morgan fingerprint density at radius 3 is 2.03 bits per heavy atom. The first-order chi connectivity index (χ1) is 14.9. The van der Waals surface area contributed by atoms with E-state index in [0.29, 0.717) is 28.1 Å². The number of hydrogen-bond acceptors (Lipinski definition) is 6. The van der Waals surface area contributed by atoms with E-state index < -0.39 is 5.97 Å². The normalized spacial score (nSPS) is 9.52. The average molecular weight is 410 g/mol. The smallest absolute Gasteiger partial charge is 0.333 e. The summed E-state index contributed by atoms with van der Waals surface area (Å²) in [5.41, 5.74) is 2.60. The van der Waals surface area contributed by atoms with Gasteiger partial charge in [-0.1, -0.05) is 43.0 Å². The summed E-state index contributed by atoms with van der Waals surface area (Å²) in [5.74, 6) is -0.403. The molecule has 2 rings (SSSR count). The molecule has 6 nitrogen and oxygen atoms in total. The molecule has 0 fully saturated rings. The van der Waals surface area contributed by atoms with Gasteiger partial charge < -0.3 is 9.64 Å². The van der Waals surface area contributed by atoms with E-state index in [-0.39, 0.29) is 12.2 Å². The highest BCUT2D eigenvalue weighted by atomic mass is 16.5. The zero-order chi connectivity index (χ0) is 22.8. The Morgan fingerprint density at radius 1 is 0.968 bits per heavy atom. The molecule has 0 aliphatic heterocycles. The van der Waals surface area contributed by atoms with Gasteiger partial charge in [0.1, 0.15) is 30.4 Å². The predicted molar refractivity (Wildman–Crippen MR) is 119 cm³/mol. The molecule has 154 valence electrons. The van der Waals surface area contributed by atoms with Crippen LogP contribution in [0.5, 0.6) is 0 Å². The second-order valence-corrected chi connectivity index (χ2v) is 6.71. The summed E-state index contributed by atoms with van der Waals surface area (Å²) in [5, 5.41) is 28.9. The summed E-state index contributed by atoms with van der Waals surface area (Å²) < 4.78 is 5.17. The van der Waals surface area contributed by atoms with E-state index in [2.05, 4.69) is 17.5 Å². The topological polar surface area (TPSA) is 101 Å². The minimum atomic E-state index is -0.403. The van der Waals surface area contributed by atoms with Crippen LogP contribution in [0.2, 0.25) is 0 Å². The first kappa shape index (κ1) is 22.9. The predicted octanol–water partition coefficient (Wildman–Crippen LogP) is 2.55. The third-order valence-electron chi connectivity index (χ3n) is 4.64. The fourth-order valence-electron chi connectivity index (χ4n) is 2.93. The molecule has 2 aromatic rings. The standard InChI is InChI=1S/C25H22N4O2/c1-4-29(13-14-31-25(30)18(2)3)23-11-9-21(10-12-23)24(17-28)20-7-5-19(6-8-20)22(15-26)16-27/h5-12H,2,4,13-14H2,1,3H3. The van der Waals surface area contributed by atoms with Crippen LogP contribution >= 0.6 is 0 Å². The second-order valence-electron chi connectivity index (χ2n) is 6.71. The molecule has 0 radical (unpaired) electrons. The van der Waals surface area contributed by atoms with Gasteiger partial charge in [-0.15, -0.1) is 0 Å². The molecular formula is C25H22N4O2. The van der Waals surface area contributed by atoms with Gasteiger partial charge >= 0.3 is 5.97 Å². The molecule has 0 amide bonds. The third kappa shape index (κ3) is 5.82. The highest BCUT2D eigenvalue weighted by Crippen LogP contribution is 2.18. The second kappa shape index (κ2) is 11.0. The van der Waals surface area contributed by atoms with Gasteiger partial charge in [0, 0.05) is 23.0 Å². The number of nitrogens with zero attached hydrogens (tertiary/aromatic N) is 4. The minimum Gasteiger partial charge on any atom is -0.460 e. The summed E-state index contributed by atoms with van der Waals surface area (Å²) in [7, 11) is 0. The first-order valence-corrected chi connectivity index (χ1v) is 9.68. The summed E-state index contributed by atoms with van der Waals surface area (Å²) >= 11 is 0.